The number of aliphatic hydroxyl groups is 1. The molecule has 0 radical (unpaired) electrons. The quantitative estimate of drug-likeness (QED) is 0.177. The normalized spacial score (nSPS) is 36.4. The molecular weight excluding hydrogens is 648 g/mol. The van der Waals surface area contributed by atoms with Crippen molar-refractivity contribution in [3.8, 4) is 0 Å². The van der Waals surface area contributed by atoms with Crippen LogP contribution < -0.4 is 0 Å². The third-order valence-electron chi connectivity index (χ3n) is 9.80. The standard InChI is InChI=1S/C38H48O12/c1-11-21(2)33(42)48-31-32(46-25(6)40)38(44)35(8,9)18-17-22(3)30(45-24(5)39)37(49-26(7)41)19-23(4)29(28(37)20-36(31,10)50-38)47-34(43)27-15-13-12-14-16-27/h11-18,20,22-23,29-32,44H,19H2,1-10H3/b18-17+,21-11+,28-20-/t22-,23+,29+,30+,31-,32+,36+,37-,38-/m1/s1. The average molecular weight is 697 g/mol. The van der Waals surface area contributed by atoms with Crippen LogP contribution in [0.1, 0.15) is 86.0 Å². The van der Waals surface area contributed by atoms with E-state index in [0.29, 0.717) is 0 Å². The number of carbonyl (C=O) groups is 5. The van der Waals surface area contributed by atoms with Gasteiger partial charge in [0.2, 0.25) is 5.79 Å². The molecule has 1 N–H and O–H groups in total. The van der Waals surface area contributed by atoms with Crippen LogP contribution in [0.25, 0.3) is 0 Å². The molecule has 0 amide bonds. The molecule has 3 aliphatic rings. The fraction of sp³-hybridized carbons (Fsp3) is 0.553. The van der Waals surface area contributed by atoms with Crippen LogP contribution in [0.15, 0.2) is 65.8 Å². The van der Waals surface area contributed by atoms with Gasteiger partial charge in [-0.15, -0.1) is 0 Å². The summed E-state index contributed by atoms with van der Waals surface area (Å²) in [6.07, 6.45) is 1.08. The second-order valence-corrected chi connectivity index (χ2v) is 14.2. The van der Waals surface area contributed by atoms with Crippen molar-refractivity contribution in [2.45, 2.75) is 117 Å². The van der Waals surface area contributed by atoms with Gasteiger partial charge < -0.3 is 33.5 Å². The molecule has 1 saturated heterocycles. The Hall–Kier alpha value is -4.29. The molecule has 12 nitrogen and oxygen atoms in total. The van der Waals surface area contributed by atoms with Gasteiger partial charge in [-0.2, -0.15) is 0 Å². The van der Waals surface area contributed by atoms with Gasteiger partial charge in [-0.3, -0.25) is 14.4 Å². The molecular formula is C38H48O12. The summed E-state index contributed by atoms with van der Waals surface area (Å²) in [5.74, 6) is -7.08. The van der Waals surface area contributed by atoms with Gasteiger partial charge in [0.1, 0.15) is 11.7 Å². The molecule has 2 heterocycles. The SMILES string of the molecule is C/C=C(\C)C(=O)O[C@@H]1[C@H](OC(C)=O)[C@@]2(O)O[C@@]1(C)/C=C1/[C@@H](OC(=O)c3ccccc3)[C@@H](C)C[C@]1(OC(C)=O)[C@@H](OC(C)=O)[C@H](C)/C=C/C2(C)C. The van der Waals surface area contributed by atoms with Gasteiger partial charge in [-0.25, -0.2) is 9.59 Å². The lowest BCUT2D eigenvalue weighted by molar-refractivity contribution is -0.285. The average Bonchev–Trinajstić information content (AvgIpc) is 3.39. The lowest BCUT2D eigenvalue weighted by Gasteiger charge is -2.41. The van der Waals surface area contributed by atoms with Gasteiger partial charge in [0.25, 0.3) is 0 Å². The molecule has 0 spiro atoms. The Kier molecular flexibility index (Phi) is 10.9. The van der Waals surface area contributed by atoms with E-state index in [1.165, 1.54) is 26.8 Å². The smallest absolute Gasteiger partial charge is 0.338 e. The topological polar surface area (TPSA) is 161 Å². The molecule has 50 heavy (non-hydrogen) atoms. The van der Waals surface area contributed by atoms with Crippen LogP contribution in [0.5, 0.6) is 0 Å². The van der Waals surface area contributed by atoms with Gasteiger partial charge in [0.05, 0.1) is 5.56 Å². The Morgan fingerprint density at radius 2 is 1.44 bits per heavy atom. The maximum Gasteiger partial charge on any atom is 0.338 e. The maximum atomic E-state index is 13.6. The first-order valence-electron chi connectivity index (χ1n) is 16.7. The lowest BCUT2D eigenvalue weighted by atomic mass is 9.75. The summed E-state index contributed by atoms with van der Waals surface area (Å²) in [6.45, 7) is 15.2. The van der Waals surface area contributed by atoms with Gasteiger partial charge in [-0.1, -0.05) is 64.1 Å². The second kappa shape index (κ2) is 14.1. The Bertz CT molecular complexity index is 1610. The number of hydrogen-bond donors (Lipinski definition) is 1. The minimum atomic E-state index is -2.32. The van der Waals surface area contributed by atoms with Crippen molar-refractivity contribution in [2.75, 3.05) is 0 Å². The van der Waals surface area contributed by atoms with E-state index in [2.05, 4.69) is 0 Å². The molecule has 0 aromatic heterocycles. The van der Waals surface area contributed by atoms with Crippen molar-refractivity contribution in [3.05, 3.63) is 71.3 Å². The van der Waals surface area contributed by atoms with Crippen molar-refractivity contribution in [1.82, 2.24) is 0 Å². The highest BCUT2D eigenvalue weighted by molar-refractivity contribution is 5.90. The Morgan fingerprint density at radius 1 is 0.840 bits per heavy atom. The van der Waals surface area contributed by atoms with Crippen LogP contribution in [0, 0.1) is 17.3 Å². The predicted octanol–water partition coefficient (Wildman–Crippen LogP) is 4.93. The number of carbonyl (C=O) groups excluding carboxylic acids is 5. The van der Waals surface area contributed by atoms with Crippen LogP contribution in [-0.2, 0) is 47.6 Å². The molecule has 2 bridgehead atoms. The third kappa shape index (κ3) is 7.14. The Morgan fingerprint density at radius 3 is 2.00 bits per heavy atom. The number of esters is 5. The number of rotatable bonds is 7. The summed E-state index contributed by atoms with van der Waals surface area (Å²) in [7, 11) is 0. The molecule has 1 aromatic carbocycles. The highest BCUT2D eigenvalue weighted by Gasteiger charge is 2.70. The Balaban J connectivity index is 2.11. The van der Waals surface area contributed by atoms with E-state index in [1.54, 1.807) is 90.1 Å². The molecule has 9 atom stereocenters. The molecule has 272 valence electrons. The molecule has 0 unspecified atom stereocenters. The van der Waals surface area contributed by atoms with E-state index < -0.39 is 88.5 Å². The summed E-state index contributed by atoms with van der Waals surface area (Å²) >= 11 is 0. The second-order valence-electron chi connectivity index (χ2n) is 14.2. The molecule has 1 aliphatic carbocycles. The zero-order valence-electron chi connectivity index (χ0n) is 30.3. The minimum Gasteiger partial charge on any atom is -0.457 e. The monoisotopic (exact) mass is 696 g/mol. The van der Waals surface area contributed by atoms with E-state index in [-0.39, 0.29) is 23.1 Å². The molecule has 12 heteroatoms. The van der Waals surface area contributed by atoms with Crippen molar-refractivity contribution in [3.63, 3.8) is 0 Å². The van der Waals surface area contributed by atoms with E-state index in [9.17, 15) is 29.1 Å². The number of benzene rings is 1. The van der Waals surface area contributed by atoms with E-state index in [4.69, 9.17) is 28.4 Å². The summed E-state index contributed by atoms with van der Waals surface area (Å²) in [4.78, 5) is 65.4. The van der Waals surface area contributed by atoms with Gasteiger partial charge in [0.15, 0.2) is 23.9 Å². The van der Waals surface area contributed by atoms with Crippen LogP contribution in [-0.4, -0.2) is 76.4 Å². The zero-order valence-corrected chi connectivity index (χ0v) is 30.3. The number of fused-ring (bicyclic) bond motifs is 3. The summed E-state index contributed by atoms with van der Waals surface area (Å²) in [5, 5.41) is 12.5. The molecule has 2 fully saturated rings. The third-order valence-corrected chi connectivity index (χ3v) is 9.80. The van der Waals surface area contributed by atoms with Crippen molar-refractivity contribution in [2.24, 2.45) is 17.3 Å². The van der Waals surface area contributed by atoms with Crippen molar-refractivity contribution >= 4 is 29.8 Å². The summed E-state index contributed by atoms with van der Waals surface area (Å²) in [6, 6.07) is 8.31. The van der Waals surface area contributed by atoms with E-state index in [0.717, 1.165) is 6.92 Å². The lowest BCUT2D eigenvalue weighted by Crippen LogP contribution is -2.56. The number of hydrogen-bond acceptors (Lipinski definition) is 12. The molecule has 1 saturated carbocycles. The fourth-order valence-electron chi connectivity index (χ4n) is 7.21. The summed E-state index contributed by atoms with van der Waals surface area (Å²) < 4.78 is 36.7. The highest BCUT2D eigenvalue weighted by atomic mass is 16.7. The number of allylic oxidation sites excluding steroid dienone is 1. The van der Waals surface area contributed by atoms with Gasteiger partial charge in [0, 0.05) is 55.6 Å². The van der Waals surface area contributed by atoms with E-state index in [1.807, 2.05) is 0 Å². The zero-order chi connectivity index (χ0) is 37.4. The maximum absolute atomic E-state index is 13.6. The predicted molar refractivity (Wildman–Crippen MR) is 179 cm³/mol. The molecule has 2 aliphatic heterocycles. The number of ether oxygens (including phenoxy) is 6. The largest absolute Gasteiger partial charge is 0.457 e. The molecule has 1 aromatic rings. The van der Waals surface area contributed by atoms with Gasteiger partial charge >= 0.3 is 29.8 Å². The van der Waals surface area contributed by atoms with Crippen molar-refractivity contribution < 1.29 is 57.5 Å². The molecule has 4 rings (SSSR count). The first kappa shape index (κ1) is 38.5. The first-order chi connectivity index (χ1) is 23.2. The minimum absolute atomic E-state index is 0.0422. The van der Waals surface area contributed by atoms with Crippen LogP contribution >= 0.6 is 0 Å². The fourth-order valence-corrected chi connectivity index (χ4v) is 7.21. The van der Waals surface area contributed by atoms with Gasteiger partial charge in [-0.05, 0) is 39.0 Å². The summed E-state index contributed by atoms with van der Waals surface area (Å²) in [5.41, 5.74) is -4.25. The van der Waals surface area contributed by atoms with Crippen LogP contribution in [0.4, 0.5) is 0 Å². The van der Waals surface area contributed by atoms with Crippen LogP contribution in [0.2, 0.25) is 0 Å². The first-order valence-corrected chi connectivity index (χ1v) is 16.7. The van der Waals surface area contributed by atoms with Crippen molar-refractivity contribution in [1.29, 1.82) is 0 Å². The van der Waals surface area contributed by atoms with E-state index >= 15 is 0 Å². The Labute approximate surface area is 292 Å². The van der Waals surface area contributed by atoms with Crippen LogP contribution in [0.3, 0.4) is 0 Å². The highest BCUT2D eigenvalue weighted by Crippen LogP contribution is 2.55.